The maximum absolute atomic E-state index is 6.35. The smallest absolute Gasteiger partial charge is 0.172 e. The first-order valence-corrected chi connectivity index (χ1v) is 9.81. The van der Waals surface area contributed by atoms with Gasteiger partial charge in [0.25, 0.3) is 0 Å². The number of halogens is 1. The molecule has 0 spiro atoms. The van der Waals surface area contributed by atoms with Crippen LogP contribution in [0.1, 0.15) is 10.7 Å². The molecule has 1 saturated heterocycles. The number of benzene rings is 1. The number of nitrogens with zero attached hydrogens (tertiary/aromatic N) is 5. The molecule has 4 rings (SSSR count). The number of aromatic nitrogens is 3. The van der Waals surface area contributed by atoms with Gasteiger partial charge in [-0.15, -0.1) is 11.3 Å². The van der Waals surface area contributed by atoms with Crippen LogP contribution >= 0.6 is 22.9 Å². The van der Waals surface area contributed by atoms with Crippen molar-refractivity contribution in [1.82, 2.24) is 19.9 Å². The van der Waals surface area contributed by atoms with Crippen LogP contribution in [0.15, 0.2) is 29.6 Å². The van der Waals surface area contributed by atoms with E-state index < -0.39 is 0 Å². The zero-order valence-electron chi connectivity index (χ0n) is 14.6. The highest BCUT2D eigenvalue weighted by Gasteiger charge is 2.15. The van der Waals surface area contributed by atoms with E-state index in [1.165, 1.54) is 0 Å². The molecule has 2 aromatic heterocycles. The molecule has 0 bridgehead atoms. The van der Waals surface area contributed by atoms with E-state index in [0.717, 1.165) is 54.6 Å². The Hall–Kier alpha value is -1.80. The summed E-state index contributed by atoms with van der Waals surface area (Å²) in [7, 11) is 1.96. The Morgan fingerprint density at radius 1 is 1.15 bits per heavy atom. The highest BCUT2D eigenvalue weighted by atomic mass is 35.5. The molecule has 1 aromatic carbocycles. The molecule has 0 aliphatic carbocycles. The van der Waals surface area contributed by atoms with Gasteiger partial charge in [0.05, 0.1) is 43.0 Å². The van der Waals surface area contributed by atoms with Gasteiger partial charge in [0.1, 0.15) is 5.01 Å². The van der Waals surface area contributed by atoms with E-state index in [2.05, 4.69) is 20.2 Å². The lowest BCUT2D eigenvalue weighted by molar-refractivity contribution is 0.0341. The van der Waals surface area contributed by atoms with Crippen LogP contribution in [0, 0.1) is 0 Å². The number of fused-ring (bicyclic) bond motifs is 1. The molecule has 0 radical (unpaired) electrons. The molecule has 0 atom stereocenters. The molecule has 0 unspecified atom stereocenters. The monoisotopic (exact) mass is 389 g/mol. The predicted octanol–water partition coefficient (Wildman–Crippen LogP) is 3.21. The van der Waals surface area contributed by atoms with Crippen LogP contribution in [-0.4, -0.2) is 53.2 Å². The van der Waals surface area contributed by atoms with Gasteiger partial charge in [-0.25, -0.2) is 15.0 Å². The molecule has 1 aliphatic rings. The predicted molar refractivity (Wildman–Crippen MR) is 105 cm³/mol. The molecule has 136 valence electrons. The summed E-state index contributed by atoms with van der Waals surface area (Å²) in [4.78, 5) is 18.2. The van der Waals surface area contributed by atoms with Crippen molar-refractivity contribution in [2.75, 3.05) is 38.3 Å². The molecular weight excluding hydrogens is 370 g/mol. The first-order valence-electron chi connectivity index (χ1n) is 8.56. The Morgan fingerprint density at radius 2 is 1.88 bits per heavy atom. The Kier molecular flexibility index (Phi) is 5.31. The maximum Gasteiger partial charge on any atom is 0.172 e. The number of hydrogen-bond acceptors (Lipinski definition) is 7. The number of para-hydroxylation sites is 2. The van der Waals surface area contributed by atoms with Crippen LogP contribution in [0.4, 0.5) is 5.82 Å². The highest BCUT2D eigenvalue weighted by Crippen LogP contribution is 2.25. The quantitative estimate of drug-likeness (QED) is 0.667. The number of hydrogen-bond donors (Lipinski definition) is 0. The fourth-order valence-electron chi connectivity index (χ4n) is 2.97. The summed E-state index contributed by atoms with van der Waals surface area (Å²) >= 11 is 8.04. The highest BCUT2D eigenvalue weighted by molar-refractivity contribution is 7.09. The van der Waals surface area contributed by atoms with E-state index in [9.17, 15) is 0 Å². The van der Waals surface area contributed by atoms with E-state index in [1.807, 2.05) is 36.2 Å². The summed E-state index contributed by atoms with van der Waals surface area (Å²) in [6.07, 6.45) is 0. The van der Waals surface area contributed by atoms with Crippen LogP contribution in [-0.2, 0) is 17.8 Å². The molecule has 0 amide bonds. The molecule has 6 nitrogen and oxygen atoms in total. The van der Waals surface area contributed by atoms with Gasteiger partial charge < -0.3 is 9.64 Å². The largest absolute Gasteiger partial charge is 0.379 e. The molecule has 0 saturated carbocycles. The van der Waals surface area contributed by atoms with Crippen molar-refractivity contribution in [1.29, 1.82) is 0 Å². The minimum atomic E-state index is 0.412. The molecular formula is C18H20ClN5OS. The standard InChI is InChI=1S/C18H20ClN5OS/c1-23(18-17(19)21-14-4-2-3-5-15(14)22-18)10-13-12-26-16(20-13)11-24-6-8-25-9-7-24/h2-5,12H,6-11H2,1H3. The third kappa shape index (κ3) is 3.96. The second kappa shape index (κ2) is 7.84. The van der Waals surface area contributed by atoms with Gasteiger partial charge in [-0.3, -0.25) is 4.90 Å². The number of thiazole rings is 1. The third-order valence-electron chi connectivity index (χ3n) is 4.33. The van der Waals surface area contributed by atoms with Crippen LogP contribution in [0.5, 0.6) is 0 Å². The van der Waals surface area contributed by atoms with E-state index in [-0.39, 0.29) is 0 Å². The number of rotatable bonds is 5. The summed E-state index contributed by atoms with van der Waals surface area (Å²) < 4.78 is 5.40. The van der Waals surface area contributed by atoms with Gasteiger partial charge in [0.2, 0.25) is 0 Å². The van der Waals surface area contributed by atoms with Crippen molar-refractivity contribution in [3.63, 3.8) is 0 Å². The molecule has 3 heterocycles. The van der Waals surface area contributed by atoms with Gasteiger partial charge in [0.15, 0.2) is 11.0 Å². The van der Waals surface area contributed by atoms with Crippen molar-refractivity contribution in [3.05, 3.63) is 45.5 Å². The SMILES string of the molecule is CN(Cc1csc(CN2CCOCC2)n1)c1nc2ccccc2nc1Cl. The summed E-state index contributed by atoms with van der Waals surface area (Å²) in [6.45, 7) is 5.08. The zero-order chi connectivity index (χ0) is 17.9. The Bertz CT molecular complexity index is 896. The van der Waals surface area contributed by atoms with Crippen LogP contribution < -0.4 is 4.90 Å². The van der Waals surface area contributed by atoms with Gasteiger partial charge in [-0.2, -0.15) is 0 Å². The third-order valence-corrected chi connectivity index (χ3v) is 5.47. The van der Waals surface area contributed by atoms with Crippen molar-refractivity contribution in [2.45, 2.75) is 13.1 Å². The van der Waals surface area contributed by atoms with Gasteiger partial charge in [-0.05, 0) is 12.1 Å². The van der Waals surface area contributed by atoms with Crippen molar-refractivity contribution in [3.8, 4) is 0 Å². The van der Waals surface area contributed by atoms with E-state index in [1.54, 1.807) is 11.3 Å². The Morgan fingerprint density at radius 3 is 2.65 bits per heavy atom. The van der Waals surface area contributed by atoms with E-state index in [0.29, 0.717) is 17.5 Å². The summed E-state index contributed by atoms with van der Waals surface area (Å²) in [5.74, 6) is 0.674. The number of ether oxygens (including phenoxy) is 1. The fourth-order valence-corrected chi connectivity index (χ4v) is 4.08. The normalized spacial score (nSPS) is 15.5. The van der Waals surface area contributed by atoms with E-state index in [4.69, 9.17) is 21.3 Å². The number of anilines is 1. The van der Waals surface area contributed by atoms with Crippen molar-refractivity contribution in [2.24, 2.45) is 0 Å². The second-order valence-electron chi connectivity index (χ2n) is 6.30. The molecule has 8 heteroatoms. The summed E-state index contributed by atoms with van der Waals surface area (Å²) in [5.41, 5.74) is 2.66. The van der Waals surface area contributed by atoms with Crippen LogP contribution in [0.25, 0.3) is 11.0 Å². The van der Waals surface area contributed by atoms with E-state index >= 15 is 0 Å². The average Bonchev–Trinajstić information content (AvgIpc) is 3.08. The molecule has 26 heavy (non-hydrogen) atoms. The first-order chi connectivity index (χ1) is 12.7. The lowest BCUT2D eigenvalue weighted by atomic mass is 10.3. The Balaban J connectivity index is 1.46. The maximum atomic E-state index is 6.35. The summed E-state index contributed by atoms with van der Waals surface area (Å²) in [5, 5.41) is 3.65. The lowest BCUT2D eigenvalue weighted by Gasteiger charge is -2.25. The molecule has 1 aliphatic heterocycles. The minimum Gasteiger partial charge on any atom is -0.379 e. The topological polar surface area (TPSA) is 54.4 Å². The van der Waals surface area contributed by atoms with Crippen LogP contribution in [0.3, 0.4) is 0 Å². The minimum absolute atomic E-state index is 0.412. The van der Waals surface area contributed by atoms with Crippen molar-refractivity contribution < 1.29 is 4.74 Å². The average molecular weight is 390 g/mol. The van der Waals surface area contributed by atoms with Crippen LogP contribution in [0.2, 0.25) is 5.15 Å². The van der Waals surface area contributed by atoms with Gasteiger partial charge in [-0.1, -0.05) is 23.7 Å². The van der Waals surface area contributed by atoms with Gasteiger partial charge in [0, 0.05) is 25.5 Å². The molecule has 3 aromatic rings. The zero-order valence-corrected chi connectivity index (χ0v) is 16.1. The van der Waals surface area contributed by atoms with Crippen molar-refractivity contribution >= 4 is 39.8 Å². The fraction of sp³-hybridized carbons (Fsp3) is 0.389. The second-order valence-corrected chi connectivity index (χ2v) is 7.60. The first kappa shape index (κ1) is 17.6. The Labute approximate surface area is 161 Å². The summed E-state index contributed by atoms with van der Waals surface area (Å²) in [6, 6.07) is 7.74. The molecule has 1 fully saturated rings. The number of morpholine rings is 1. The molecule has 0 N–H and O–H groups in total. The lowest BCUT2D eigenvalue weighted by Crippen LogP contribution is -2.35. The van der Waals surface area contributed by atoms with Gasteiger partial charge >= 0.3 is 0 Å².